The molecule has 4 nitrogen and oxygen atoms in total. The van der Waals surface area contributed by atoms with E-state index in [1.807, 2.05) is 24.3 Å². The summed E-state index contributed by atoms with van der Waals surface area (Å²) in [6.45, 7) is 0. The highest BCUT2D eigenvalue weighted by atomic mass is 35.5. The normalized spacial score (nSPS) is 11.6. The SMILES string of the molecule is NS(=O)(=O)c1ccc(-c2sc(SCc3cccc(Cl)c3)nc2-c2ccc(F)cc2)cc1. The smallest absolute Gasteiger partial charge is 0.229 e. The van der Waals surface area contributed by atoms with E-state index in [4.69, 9.17) is 21.7 Å². The lowest BCUT2D eigenvalue weighted by Crippen LogP contribution is -2.11. The number of nitrogens with two attached hydrogens (primary N) is 1. The molecular weight excluding hydrogens is 475 g/mol. The van der Waals surface area contributed by atoms with E-state index < -0.39 is 10.0 Å². The van der Waals surface area contributed by atoms with Crippen molar-refractivity contribution in [2.75, 3.05) is 0 Å². The lowest BCUT2D eigenvalue weighted by Gasteiger charge is -2.04. The number of hydrogen-bond donors (Lipinski definition) is 1. The minimum absolute atomic E-state index is 0.0413. The van der Waals surface area contributed by atoms with Crippen LogP contribution in [0.15, 0.2) is 82.0 Å². The van der Waals surface area contributed by atoms with Crippen molar-refractivity contribution in [3.63, 3.8) is 0 Å². The largest absolute Gasteiger partial charge is 0.238 e. The maximum Gasteiger partial charge on any atom is 0.238 e. The Bertz CT molecular complexity index is 1320. The lowest BCUT2D eigenvalue weighted by atomic mass is 10.1. The van der Waals surface area contributed by atoms with Crippen LogP contribution in [0.25, 0.3) is 21.7 Å². The molecule has 9 heteroatoms. The first kappa shape index (κ1) is 22.0. The molecule has 0 saturated carbocycles. The quantitative estimate of drug-likeness (QED) is 0.326. The van der Waals surface area contributed by atoms with E-state index in [2.05, 4.69) is 0 Å². The van der Waals surface area contributed by atoms with Gasteiger partial charge in [-0.2, -0.15) is 0 Å². The minimum atomic E-state index is -3.78. The second-order valence-electron chi connectivity index (χ2n) is 6.65. The number of sulfonamides is 1. The predicted octanol–water partition coefficient (Wildman–Crippen LogP) is 6.21. The molecule has 4 rings (SSSR count). The van der Waals surface area contributed by atoms with Gasteiger partial charge in [-0.1, -0.05) is 47.6 Å². The molecule has 1 aromatic heterocycles. The molecule has 0 spiro atoms. The summed E-state index contributed by atoms with van der Waals surface area (Å²) in [7, 11) is -3.78. The van der Waals surface area contributed by atoms with E-state index in [0.29, 0.717) is 16.5 Å². The Morgan fingerprint density at radius 3 is 2.32 bits per heavy atom. The summed E-state index contributed by atoms with van der Waals surface area (Å²) < 4.78 is 37.4. The van der Waals surface area contributed by atoms with Crippen LogP contribution in [0, 0.1) is 5.82 Å². The summed E-state index contributed by atoms with van der Waals surface area (Å²) in [5.41, 5.74) is 3.37. The Balaban J connectivity index is 1.71. The molecule has 0 unspecified atom stereocenters. The number of hydrogen-bond acceptors (Lipinski definition) is 5. The maximum atomic E-state index is 13.4. The van der Waals surface area contributed by atoms with E-state index >= 15 is 0 Å². The fraction of sp³-hybridized carbons (Fsp3) is 0.0455. The monoisotopic (exact) mass is 490 g/mol. The van der Waals surface area contributed by atoms with Crippen LogP contribution >= 0.6 is 34.7 Å². The van der Waals surface area contributed by atoms with Gasteiger partial charge in [-0.3, -0.25) is 0 Å². The van der Waals surface area contributed by atoms with Gasteiger partial charge in [0.25, 0.3) is 0 Å². The third kappa shape index (κ3) is 5.34. The summed E-state index contributed by atoms with van der Waals surface area (Å²) in [5, 5.41) is 5.88. The summed E-state index contributed by atoms with van der Waals surface area (Å²) in [5.74, 6) is 0.370. The van der Waals surface area contributed by atoms with E-state index in [0.717, 1.165) is 25.9 Å². The zero-order valence-electron chi connectivity index (χ0n) is 16.0. The highest BCUT2D eigenvalue weighted by Gasteiger charge is 2.17. The number of nitrogens with zero attached hydrogens (tertiary/aromatic N) is 1. The second kappa shape index (κ2) is 9.10. The number of thiazole rings is 1. The highest BCUT2D eigenvalue weighted by Crippen LogP contribution is 2.41. The average molecular weight is 491 g/mol. The van der Waals surface area contributed by atoms with Gasteiger partial charge in [0.2, 0.25) is 10.0 Å². The molecule has 1 heterocycles. The Morgan fingerprint density at radius 2 is 1.68 bits per heavy atom. The number of aromatic nitrogens is 1. The molecule has 158 valence electrons. The summed E-state index contributed by atoms with van der Waals surface area (Å²) >= 11 is 9.14. The summed E-state index contributed by atoms with van der Waals surface area (Å²) in [6, 6.07) is 20.1. The lowest BCUT2D eigenvalue weighted by molar-refractivity contribution is 0.598. The van der Waals surface area contributed by atoms with E-state index in [1.54, 1.807) is 36.0 Å². The maximum absolute atomic E-state index is 13.4. The molecule has 0 radical (unpaired) electrons. The molecular formula is C22H16ClFN2O2S3. The number of thioether (sulfide) groups is 1. The van der Waals surface area contributed by atoms with Gasteiger partial charge >= 0.3 is 0 Å². The molecule has 2 N–H and O–H groups in total. The van der Waals surface area contributed by atoms with Gasteiger partial charge in [0.1, 0.15) is 5.82 Å². The van der Waals surface area contributed by atoms with E-state index in [1.165, 1.54) is 35.6 Å². The molecule has 0 fully saturated rings. The number of rotatable bonds is 6. The van der Waals surface area contributed by atoms with E-state index in [-0.39, 0.29) is 10.7 Å². The van der Waals surface area contributed by atoms with Crippen molar-refractivity contribution in [3.05, 3.63) is 89.2 Å². The van der Waals surface area contributed by atoms with Crippen molar-refractivity contribution in [3.8, 4) is 21.7 Å². The van der Waals surface area contributed by atoms with Gasteiger partial charge in [-0.15, -0.1) is 11.3 Å². The van der Waals surface area contributed by atoms with Crippen LogP contribution in [-0.4, -0.2) is 13.4 Å². The molecule has 0 bridgehead atoms. The molecule has 0 aliphatic rings. The third-order valence-corrected chi connectivity index (χ3v) is 7.90. The molecule has 4 aromatic rings. The number of primary sulfonamides is 1. The topological polar surface area (TPSA) is 73.1 Å². The van der Waals surface area contributed by atoms with Crippen LogP contribution in [0.1, 0.15) is 5.56 Å². The first-order valence-corrected chi connectivity index (χ1v) is 12.8. The van der Waals surface area contributed by atoms with Gasteiger partial charge in [0.15, 0.2) is 4.34 Å². The van der Waals surface area contributed by atoms with Crippen molar-refractivity contribution in [2.24, 2.45) is 5.14 Å². The fourth-order valence-electron chi connectivity index (χ4n) is 2.93. The molecule has 0 amide bonds. The highest BCUT2D eigenvalue weighted by molar-refractivity contribution is 8.00. The minimum Gasteiger partial charge on any atom is -0.229 e. The Labute approximate surface area is 193 Å². The fourth-order valence-corrected chi connectivity index (χ4v) is 5.77. The van der Waals surface area contributed by atoms with Gasteiger partial charge < -0.3 is 0 Å². The first-order chi connectivity index (χ1) is 14.8. The average Bonchev–Trinajstić information content (AvgIpc) is 3.17. The van der Waals surface area contributed by atoms with Crippen molar-refractivity contribution in [1.29, 1.82) is 0 Å². The molecule has 0 atom stereocenters. The van der Waals surface area contributed by atoms with Crippen LogP contribution in [0.4, 0.5) is 4.39 Å². The van der Waals surface area contributed by atoms with E-state index in [9.17, 15) is 12.8 Å². The van der Waals surface area contributed by atoms with Crippen molar-refractivity contribution in [2.45, 2.75) is 15.0 Å². The zero-order valence-corrected chi connectivity index (χ0v) is 19.2. The Kier molecular flexibility index (Phi) is 6.45. The molecule has 3 aromatic carbocycles. The van der Waals surface area contributed by atoms with Crippen molar-refractivity contribution >= 4 is 44.7 Å². The van der Waals surface area contributed by atoms with Crippen LogP contribution in [-0.2, 0) is 15.8 Å². The number of halogens is 2. The molecule has 31 heavy (non-hydrogen) atoms. The number of benzene rings is 3. The van der Waals surface area contributed by atoms with Crippen molar-refractivity contribution < 1.29 is 12.8 Å². The van der Waals surface area contributed by atoms with Gasteiger partial charge in [0.05, 0.1) is 15.5 Å². The second-order valence-corrected chi connectivity index (χ2v) is 10.9. The van der Waals surface area contributed by atoms with Crippen LogP contribution in [0.3, 0.4) is 0 Å². The van der Waals surface area contributed by atoms with Crippen LogP contribution in [0.2, 0.25) is 5.02 Å². The van der Waals surface area contributed by atoms with Gasteiger partial charge in [-0.05, 0) is 59.7 Å². The van der Waals surface area contributed by atoms with Crippen LogP contribution < -0.4 is 5.14 Å². The standard InChI is InChI=1S/C22H16ClFN2O2S3/c23-17-3-1-2-14(12-17)13-29-22-26-20(15-4-8-18(24)9-5-15)21(30-22)16-6-10-19(11-7-16)31(25,27)28/h1-12H,13H2,(H2,25,27,28). The Morgan fingerprint density at radius 1 is 1.00 bits per heavy atom. The molecule has 0 aliphatic carbocycles. The van der Waals surface area contributed by atoms with Gasteiger partial charge in [-0.25, -0.2) is 22.9 Å². The van der Waals surface area contributed by atoms with Crippen LogP contribution in [0.5, 0.6) is 0 Å². The van der Waals surface area contributed by atoms with Gasteiger partial charge in [0, 0.05) is 16.3 Å². The third-order valence-electron chi connectivity index (χ3n) is 4.42. The molecule has 0 saturated heterocycles. The first-order valence-electron chi connectivity index (χ1n) is 9.07. The Hall–Kier alpha value is -2.23. The van der Waals surface area contributed by atoms with Crippen molar-refractivity contribution in [1.82, 2.24) is 4.98 Å². The summed E-state index contributed by atoms with van der Waals surface area (Å²) in [6.07, 6.45) is 0. The zero-order chi connectivity index (χ0) is 22.0. The molecule has 0 aliphatic heterocycles. The summed E-state index contributed by atoms with van der Waals surface area (Å²) in [4.78, 5) is 5.68. The predicted molar refractivity (Wildman–Crippen MR) is 125 cm³/mol.